The summed E-state index contributed by atoms with van der Waals surface area (Å²) in [6, 6.07) is 0.817. The van der Waals surface area contributed by atoms with Crippen molar-refractivity contribution in [1.82, 2.24) is 4.90 Å². The molecular formula is C11H22N2S. The van der Waals surface area contributed by atoms with Gasteiger partial charge in [0.1, 0.15) is 0 Å². The standard InChI is InChI=1S/C11H22N2S/c1-2-10-4-3-6-13(10)11(8-12)5-7-14-9-11/h10H,2-9,12H2,1H3. The van der Waals surface area contributed by atoms with E-state index in [1.807, 2.05) is 0 Å². The molecule has 2 nitrogen and oxygen atoms in total. The van der Waals surface area contributed by atoms with Gasteiger partial charge in [0.15, 0.2) is 0 Å². The number of nitrogens with zero attached hydrogens (tertiary/aromatic N) is 1. The molecule has 14 heavy (non-hydrogen) atoms. The van der Waals surface area contributed by atoms with Crippen LogP contribution in [0.15, 0.2) is 0 Å². The lowest BCUT2D eigenvalue weighted by Crippen LogP contribution is -2.55. The van der Waals surface area contributed by atoms with Crippen molar-refractivity contribution in [2.75, 3.05) is 24.6 Å². The average Bonchev–Trinajstić information content (AvgIpc) is 2.86. The number of thioether (sulfide) groups is 1. The number of nitrogens with two attached hydrogens (primary N) is 1. The van der Waals surface area contributed by atoms with Crippen LogP contribution in [0.4, 0.5) is 0 Å². The molecule has 2 rings (SSSR count). The molecule has 0 radical (unpaired) electrons. The Morgan fingerprint density at radius 2 is 2.43 bits per heavy atom. The number of rotatable bonds is 3. The van der Waals surface area contributed by atoms with Gasteiger partial charge in [-0.2, -0.15) is 11.8 Å². The molecule has 0 bridgehead atoms. The van der Waals surface area contributed by atoms with Gasteiger partial charge in [-0.1, -0.05) is 6.92 Å². The predicted octanol–water partition coefficient (Wildman–Crippen LogP) is 1.70. The van der Waals surface area contributed by atoms with E-state index in [4.69, 9.17) is 5.73 Å². The van der Waals surface area contributed by atoms with Crippen LogP contribution in [-0.2, 0) is 0 Å². The van der Waals surface area contributed by atoms with Crippen LogP contribution >= 0.6 is 11.8 Å². The Balaban J connectivity index is 2.10. The zero-order valence-corrected chi connectivity index (χ0v) is 9.98. The van der Waals surface area contributed by atoms with Gasteiger partial charge in [-0.25, -0.2) is 0 Å². The van der Waals surface area contributed by atoms with Gasteiger partial charge >= 0.3 is 0 Å². The predicted molar refractivity (Wildman–Crippen MR) is 63.7 cm³/mol. The van der Waals surface area contributed by atoms with Crippen LogP contribution in [0, 0.1) is 0 Å². The highest BCUT2D eigenvalue weighted by atomic mass is 32.2. The lowest BCUT2D eigenvalue weighted by Gasteiger charge is -2.41. The third kappa shape index (κ3) is 1.70. The second kappa shape index (κ2) is 4.42. The van der Waals surface area contributed by atoms with Crippen molar-refractivity contribution in [2.24, 2.45) is 5.73 Å². The molecule has 0 aromatic heterocycles. The Labute approximate surface area is 91.6 Å². The molecule has 2 aliphatic rings. The highest BCUT2D eigenvalue weighted by Crippen LogP contribution is 2.38. The van der Waals surface area contributed by atoms with Crippen molar-refractivity contribution in [3.63, 3.8) is 0 Å². The summed E-state index contributed by atoms with van der Waals surface area (Å²) in [6.07, 6.45) is 5.38. The first kappa shape index (κ1) is 10.8. The van der Waals surface area contributed by atoms with Gasteiger partial charge in [0.2, 0.25) is 0 Å². The minimum atomic E-state index is 0.363. The van der Waals surface area contributed by atoms with E-state index in [2.05, 4.69) is 23.6 Å². The van der Waals surface area contributed by atoms with E-state index in [9.17, 15) is 0 Å². The molecule has 2 heterocycles. The molecule has 2 saturated heterocycles. The van der Waals surface area contributed by atoms with Crippen molar-refractivity contribution in [3.8, 4) is 0 Å². The quantitative estimate of drug-likeness (QED) is 0.775. The van der Waals surface area contributed by atoms with Gasteiger partial charge < -0.3 is 5.73 Å². The molecule has 82 valence electrons. The zero-order chi connectivity index (χ0) is 10.0. The van der Waals surface area contributed by atoms with Crippen LogP contribution in [0.1, 0.15) is 32.6 Å². The molecule has 0 aromatic rings. The first-order valence-corrected chi connectivity index (χ1v) is 7.02. The molecule has 0 aliphatic carbocycles. The van der Waals surface area contributed by atoms with Gasteiger partial charge in [-0.3, -0.25) is 4.90 Å². The first-order valence-electron chi connectivity index (χ1n) is 5.87. The molecule has 0 amide bonds. The van der Waals surface area contributed by atoms with Gasteiger partial charge in [-0.05, 0) is 38.0 Å². The SMILES string of the molecule is CCC1CCCN1C1(CN)CCSC1. The molecule has 2 unspecified atom stereocenters. The minimum Gasteiger partial charge on any atom is -0.329 e. The molecule has 3 heteroatoms. The van der Waals surface area contributed by atoms with E-state index in [1.54, 1.807) is 0 Å². The summed E-state index contributed by atoms with van der Waals surface area (Å²) in [6.45, 7) is 4.46. The van der Waals surface area contributed by atoms with Crippen molar-refractivity contribution >= 4 is 11.8 Å². The zero-order valence-electron chi connectivity index (χ0n) is 9.17. The molecule has 2 aliphatic heterocycles. The van der Waals surface area contributed by atoms with Crippen molar-refractivity contribution in [2.45, 2.75) is 44.2 Å². The van der Waals surface area contributed by atoms with Gasteiger partial charge in [0.25, 0.3) is 0 Å². The van der Waals surface area contributed by atoms with E-state index in [-0.39, 0.29) is 0 Å². The number of hydrogen-bond donors (Lipinski definition) is 1. The Hall–Kier alpha value is 0.270. The topological polar surface area (TPSA) is 29.3 Å². The van der Waals surface area contributed by atoms with Crippen LogP contribution in [0.2, 0.25) is 0 Å². The molecule has 2 N–H and O–H groups in total. The van der Waals surface area contributed by atoms with Gasteiger partial charge in [-0.15, -0.1) is 0 Å². The van der Waals surface area contributed by atoms with Crippen LogP contribution in [0.25, 0.3) is 0 Å². The van der Waals surface area contributed by atoms with E-state index < -0.39 is 0 Å². The fourth-order valence-electron chi connectivity index (χ4n) is 2.99. The number of likely N-dealkylation sites (tertiary alicyclic amines) is 1. The third-order valence-electron chi connectivity index (χ3n) is 3.92. The van der Waals surface area contributed by atoms with Crippen LogP contribution in [0.3, 0.4) is 0 Å². The Morgan fingerprint density at radius 1 is 1.57 bits per heavy atom. The fourth-order valence-corrected chi connectivity index (χ4v) is 4.46. The highest BCUT2D eigenvalue weighted by molar-refractivity contribution is 7.99. The third-order valence-corrected chi connectivity index (χ3v) is 5.15. The lowest BCUT2D eigenvalue weighted by atomic mass is 9.95. The van der Waals surface area contributed by atoms with Crippen LogP contribution in [0.5, 0.6) is 0 Å². The van der Waals surface area contributed by atoms with Crippen molar-refractivity contribution in [1.29, 1.82) is 0 Å². The highest BCUT2D eigenvalue weighted by Gasteiger charge is 2.43. The lowest BCUT2D eigenvalue weighted by molar-refractivity contribution is 0.0997. The van der Waals surface area contributed by atoms with Crippen molar-refractivity contribution in [3.05, 3.63) is 0 Å². The van der Waals surface area contributed by atoms with Crippen LogP contribution < -0.4 is 5.73 Å². The van der Waals surface area contributed by atoms with Crippen LogP contribution in [-0.4, -0.2) is 41.1 Å². The summed E-state index contributed by atoms with van der Waals surface area (Å²) in [5, 5.41) is 0. The Kier molecular flexibility index (Phi) is 3.40. The monoisotopic (exact) mass is 214 g/mol. The Bertz CT molecular complexity index is 190. The summed E-state index contributed by atoms with van der Waals surface area (Å²) in [7, 11) is 0. The first-order chi connectivity index (χ1) is 6.82. The van der Waals surface area contributed by atoms with E-state index in [0.29, 0.717) is 5.54 Å². The molecule has 0 saturated carbocycles. The normalized spacial score (nSPS) is 39.4. The minimum absolute atomic E-state index is 0.363. The van der Waals surface area contributed by atoms with E-state index in [0.717, 1.165) is 12.6 Å². The smallest absolute Gasteiger partial charge is 0.0432 e. The van der Waals surface area contributed by atoms with Crippen molar-refractivity contribution < 1.29 is 0 Å². The average molecular weight is 214 g/mol. The molecule has 2 fully saturated rings. The van der Waals surface area contributed by atoms with Gasteiger partial charge in [0.05, 0.1) is 0 Å². The molecule has 0 spiro atoms. The molecule has 2 atom stereocenters. The Morgan fingerprint density at radius 3 is 3.00 bits per heavy atom. The fraction of sp³-hybridized carbons (Fsp3) is 1.00. The second-order valence-electron chi connectivity index (χ2n) is 4.63. The second-order valence-corrected chi connectivity index (χ2v) is 5.73. The summed E-state index contributed by atoms with van der Waals surface area (Å²) in [5.74, 6) is 2.57. The molecule has 0 aromatic carbocycles. The summed E-state index contributed by atoms with van der Waals surface area (Å²) in [5.41, 5.74) is 6.37. The maximum Gasteiger partial charge on any atom is 0.0432 e. The van der Waals surface area contributed by atoms with E-state index >= 15 is 0 Å². The number of hydrogen-bond acceptors (Lipinski definition) is 3. The largest absolute Gasteiger partial charge is 0.329 e. The summed E-state index contributed by atoms with van der Waals surface area (Å²) < 4.78 is 0. The maximum atomic E-state index is 6.01. The summed E-state index contributed by atoms with van der Waals surface area (Å²) in [4.78, 5) is 2.73. The van der Waals surface area contributed by atoms with Gasteiger partial charge in [0, 0.05) is 23.9 Å². The molecular weight excluding hydrogens is 192 g/mol. The maximum absolute atomic E-state index is 6.01. The van der Waals surface area contributed by atoms with E-state index in [1.165, 1.54) is 43.7 Å². The summed E-state index contributed by atoms with van der Waals surface area (Å²) >= 11 is 2.08.